The molecule has 1 heterocycles. The van der Waals surface area contributed by atoms with Crippen LogP contribution in [0.3, 0.4) is 0 Å². The van der Waals surface area contributed by atoms with Crippen molar-refractivity contribution in [1.82, 2.24) is 4.90 Å². The van der Waals surface area contributed by atoms with Crippen molar-refractivity contribution >= 4 is 11.9 Å². The number of amides is 1. The van der Waals surface area contributed by atoms with Crippen molar-refractivity contribution in [3.05, 3.63) is 0 Å². The lowest BCUT2D eigenvalue weighted by Gasteiger charge is -2.44. The molecule has 2 N–H and O–H groups in total. The average Bonchev–Trinajstić information content (AvgIpc) is 2.60. The van der Waals surface area contributed by atoms with E-state index in [1.165, 1.54) is 4.90 Å². The van der Waals surface area contributed by atoms with Gasteiger partial charge in [0.05, 0.1) is 11.5 Å². The number of halogens is 3. The summed E-state index contributed by atoms with van der Waals surface area (Å²) in [4.78, 5) is 25.9. The topological polar surface area (TPSA) is 72.6 Å². The highest BCUT2D eigenvalue weighted by Crippen LogP contribution is 2.52. The van der Waals surface area contributed by atoms with Gasteiger partial charge in [-0.25, -0.2) is 0 Å². The number of likely N-dealkylation sites (tertiary alicyclic amines) is 1. The van der Waals surface area contributed by atoms with Gasteiger partial charge in [-0.15, -0.1) is 0 Å². The number of hydrogen-bond acceptors (Lipinski definition) is 4. The molecule has 8 heteroatoms. The van der Waals surface area contributed by atoms with Gasteiger partial charge in [0.1, 0.15) is 12.5 Å². The fraction of sp³-hybridized carbons (Fsp3) is 0.882. The van der Waals surface area contributed by atoms with E-state index >= 15 is 0 Å². The minimum Gasteiger partial charge on any atom is -0.459 e. The fourth-order valence-electron chi connectivity index (χ4n) is 4.67. The molecule has 2 unspecified atom stereocenters. The maximum Gasteiger partial charge on any atom is 0.397 e. The van der Waals surface area contributed by atoms with Gasteiger partial charge in [0, 0.05) is 18.5 Å². The molecule has 3 aliphatic rings. The van der Waals surface area contributed by atoms with Crippen molar-refractivity contribution in [3.63, 3.8) is 0 Å². The molecule has 1 aliphatic heterocycles. The van der Waals surface area contributed by atoms with Gasteiger partial charge < -0.3 is 15.4 Å². The molecule has 3 bridgehead atoms. The summed E-state index contributed by atoms with van der Waals surface area (Å²) in [7, 11) is 0. The summed E-state index contributed by atoms with van der Waals surface area (Å²) in [5.41, 5.74) is 5.56. The third-order valence-corrected chi connectivity index (χ3v) is 5.74. The molecule has 3 rings (SSSR count). The molecule has 1 saturated heterocycles. The number of piperidine rings is 1. The smallest absolute Gasteiger partial charge is 0.397 e. The lowest BCUT2D eigenvalue weighted by Crippen LogP contribution is -2.56. The number of fused-ring (bicyclic) bond motifs is 2. The van der Waals surface area contributed by atoms with Crippen LogP contribution in [0.1, 0.15) is 40.0 Å². The Bertz CT molecular complexity index is 572. The highest BCUT2D eigenvalue weighted by atomic mass is 19.4. The Morgan fingerprint density at radius 1 is 1.16 bits per heavy atom. The van der Waals surface area contributed by atoms with Crippen molar-refractivity contribution in [1.29, 1.82) is 0 Å². The first-order valence-electron chi connectivity index (χ1n) is 8.71. The van der Waals surface area contributed by atoms with Crippen molar-refractivity contribution < 1.29 is 27.5 Å². The molecule has 2 aliphatic carbocycles. The Kier molecular flexibility index (Phi) is 4.33. The van der Waals surface area contributed by atoms with E-state index in [2.05, 4.69) is 0 Å². The monoisotopic (exact) mass is 362 g/mol. The molecule has 0 aromatic carbocycles. The van der Waals surface area contributed by atoms with E-state index in [0.717, 1.165) is 6.42 Å². The van der Waals surface area contributed by atoms with Gasteiger partial charge in [0.25, 0.3) is 0 Å². The number of esters is 1. The van der Waals surface area contributed by atoms with E-state index in [1.54, 1.807) is 20.8 Å². The molecule has 1 amide bonds. The number of nitrogens with zero attached hydrogens (tertiary/aromatic N) is 1. The lowest BCUT2D eigenvalue weighted by atomic mass is 9.75. The highest BCUT2D eigenvalue weighted by Gasteiger charge is 2.61. The maximum absolute atomic E-state index is 12.7. The van der Waals surface area contributed by atoms with E-state index in [1.807, 2.05) is 0 Å². The van der Waals surface area contributed by atoms with Crippen LogP contribution < -0.4 is 5.73 Å². The summed E-state index contributed by atoms with van der Waals surface area (Å²) in [5, 5.41) is 0. The normalized spacial score (nSPS) is 37.3. The molecular formula is C17H25F3N2O3. The molecule has 5 nitrogen and oxygen atoms in total. The van der Waals surface area contributed by atoms with E-state index in [4.69, 9.17) is 10.5 Å². The van der Waals surface area contributed by atoms with Crippen LogP contribution in [0, 0.1) is 23.2 Å². The van der Waals surface area contributed by atoms with E-state index < -0.39 is 42.0 Å². The average molecular weight is 362 g/mol. The SMILES string of the molecule is CC(C)(C)C(=O)O[C@@H]1C2[C@H]3CC(C[C@@H]1[C@@H]3N)CN2C(=O)CC(F)(F)F. The second-order valence-electron chi connectivity index (χ2n) is 8.69. The summed E-state index contributed by atoms with van der Waals surface area (Å²) in [5.74, 6) is -1.43. The number of rotatable bonds is 2. The predicted molar refractivity (Wildman–Crippen MR) is 83.2 cm³/mol. The first-order valence-corrected chi connectivity index (χ1v) is 8.71. The predicted octanol–water partition coefficient (Wildman–Crippen LogP) is 2.09. The Balaban J connectivity index is 1.86. The van der Waals surface area contributed by atoms with E-state index in [9.17, 15) is 22.8 Å². The van der Waals surface area contributed by atoms with Crippen molar-refractivity contribution in [3.8, 4) is 0 Å². The molecular weight excluding hydrogens is 337 g/mol. The first kappa shape index (κ1) is 18.5. The third kappa shape index (κ3) is 3.37. The van der Waals surface area contributed by atoms with Gasteiger partial charge in [0.15, 0.2) is 0 Å². The second-order valence-corrected chi connectivity index (χ2v) is 8.69. The molecule has 25 heavy (non-hydrogen) atoms. The number of ether oxygens (including phenoxy) is 1. The summed E-state index contributed by atoms with van der Waals surface area (Å²) < 4.78 is 43.8. The number of hydrogen-bond donors (Lipinski definition) is 1. The van der Waals surface area contributed by atoms with E-state index in [-0.39, 0.29) is 23.8 Å². The van der Waals surface area contributed by atoms with Gasteiger partial charge in [-0.2, -0.15) is 13.2 Å². The number of carbonyl (C=O) groups excluding carboxylic acids is 2. The molecule has 2 saturated carbocycles. The van der Waals surface area contributed by atoms with E-state index in [0.29, 0.717) is 13.0 Å². The van der Waals surface area contributed by atoms with Gasteiger partial charge in [0.2, 0.25) is 5.91 Å². The van der Waals surface area contributed by atoms with Crippen LogP contribution in [-0.4, -0.2) is 47.7 Å². The number of alkyl halides is 3. The Morgan fingerprint density at radius 2 is 1.76 bits per heavy atom. The van der Waals surface area contributed by atoms with Crippen LogP contribution in [0.15, 0.2) is 0 Å². The van der Waals surface area contributed by atoms with Gasteiger partial charge >= 0.3 is 12.1 Å². The van der Waals surface area contributed by atoms with Crippen molar-refractivity contribution in [2.24, 2.45) is 28.9 Å². The zero-order valence-electron chi connectivity index (χ0n) is 14.7. The molecule has 6 atom stereocenters. The van der Waals surface area contributed by atoms with Crippen molar-refractivity contribution in [2.75, 3.05) is 6.54 Å². The fourth-order valence-corrected chi connectivity index (χ4v) is 4.67. The minimum atomic E-state index is -4.55. The van der Waals surface area contributed by atoms with Crippen molar-refractivity contribution in [2.45, 2.75) is 64.4 Å². The molecule has 0 spiro atoms. The standard InChI is InChI=1S/C17H25F3N2O3/c1-16(2,3)15(24)25-14-10-5-8-4-9(12(10)21)13(14)22(7-8)11(23)6-17(18,19)20/h8-10,12-14H,4-7,21H2,1-3H3/t8?,9-,10+,12+,13?,14-/m0/s1. The first-order chi connectivity index (χ1) is 11.4. The molecule has 0 aromatic rings. The largest absolute Gasteiger partial charge is 0.459 e. The third-order valence-electron chi connectivity index (χ3n) is 5.74. The Labute approximate surface area is 145 Å². The molecule has 0 aromatic heterocycles. The van der Waals surface area contributed by atoms with Crippen LogP contribution in [0.4, 0.5) is 13.2 Å². The van der Waals surface area contributed by atoms with Crippen LogP contribution in [0.25, 0.3) is 0 Å². The molecule has 142 valence electrons. The van der Waals surface area contributed by atoms with Gasteiger partial charge in [-0.05, 0) is 45.4 Å². The Morgan fingerprint density at radius 3 is 2.32 bits per heavy atom. The maximum atomic E-state index is 12.7. The minimum absolute atomic E-state index is 0.0938. The summed E-state index contributed by atoms with van der Waals surface area (Å²) in [6.07, 6.45) is -5.18. The van der Waals surface area contributed by atoms with Crippen LogP contribution in [0.5, 0.6) is 0 Å². The van der Waals surface area contributed by atoms with Gasteiger partial charge in [-0.3, -0.25) is 9.59 Å². The lowest BCUT2D eigenvalue weighted by molar-refractivity contribution is -0.173. The van der Waals surface area contributed by atoms with Crippen LogP contribution in [0.2, 0.25) is 0 Å². The summed E-state index contributed by atoms with van der Waals surface area (Å²) in [6.45, 7) is 5.46. The molecule has 0 radical (unpaired) electrons. The van der Waals surface area contributed by atoms with Crippen LogP contribution >= 0.6 is 0 Å². The quantitative estimate of drug-likeness (QED) is 0.764. The number of nitrogens with two attached hydrogens (primary N) is 1. The summed E-state index contributed by atoms with van der Waals surface area (Å²) in [6, 6.07) is -0.791. The van der Waals surface area contributed by atoms with Gasteiger partial charge in [-0.1, -0.05) is 0 Å². The summed E-state index contributed by atoms with van der Waals surface area (Å²) >= 11 is 0. The second kappa shape index (κ2) is 5.86. The Hall–Kier alpha value is -1.31. The number of carbonyl (C=O) groups is 2. The highest BCUT2D eigenvalue weighted by molar-refractivity contribution is 5.78. The zero-order valence-corrected chi connectivity index (χ0v) is 14.7. The zero-order chi connectivity index (χ0) is 18.7. The van der Waals surface area contributed by atoms with Crippen LogP contribution in [-0.2, 0) is 14.3 Å². The molecule has 3 fully saturated rings.